The van der Waals surface area contributed by atoms with Gasteiger partial charge in [0.1, 0.15) is 0 Å². The molecule has 0 saturated carbocycles. The quantitative estimate of drug-likeness (QED) is 0.0727. The third kappa shape index (κ3) is 12.1. The summed E-state index contributed by atoms with van der Waals surface area (Å²) in [6.07, 6.45) is 0. The van der Waals surface area contributed by atoms with Gasteiger partial charge < -0.3 is 0 Å². The molecule has 0 aliphatic rings. The van der Waals surface area contributed by atoms with E-state index in [4.69, 9.17) is 0 Å². The van der Waals surface area contributed by atoms with Crippen LogP contribution in [-0.2, 0) is 0 Å². The van der Waals surface area contributed by atoms with Crippen molar-refractivity contribution in [2.24, 2.45) is 0 Å². The minimum Gasteiger partial charge on any atom is -0.0622 e. The lowest BCUT2D eigenvalue weighted by molar-refractivity contribution is 1.58. The molecule has 0 atom stereocenters. The standard InChI is InChI=1S/2C52H34/c1-4-14-35(15-5-1)37-24-28-40(29-25-37)51-44-22-12-13-23-45(44)52(41-30-26-38(27-31-41)36-16-6-2-7-17-36)50-34-48-46(39-18-8-3-9-19-39)32-42-20-10-11-21-43(42)47(48)33-49(50)51;1-4-14-37(15-5-1)24-25-42-20-10-11-21-46(42)45-34-35-49-50(36-45)52(44-32-28-41(29-33-44)39-18-8-3-9-19-39)48-23-13-12-22-47(48)51(49)43-30-26-40(27-31-43)38-16-6-2-7-17-38/h1-34H;1-23,26-36H. The molecule has 0 amide bonds. The van der Waals surface area contributed by atoms with E-state index in [0.717, 1.165) is 22.3 Å². The molecule has 0 radical (unpaired) electrons. The van der Waals surface area contributed by atoms with Crippen LogP contribution in [0.1, 0.15) is 11.1 Å². The van der Waals surface area contributed by atoms with Crippen LogP contribution in [-0.4, -0.2) is 0 Å². The molecule has 0 saturated heterocycles. The Morgan fingerprint density at radius 1 is 0.135 bits per heavy atom. The predicted octanol–water partition coefficient (Wildman–Crippen LogP) is 28.4. The van der Waals surface area contributed by atoms with Gasteiger partial charge in [0, 0.05) is 11.1 Å². The number of rotatable bonds is 10. The molecule has 0 aliphatic carbocycles. The van der Waals surface area contributed by atoms with E-state index in [1.807, 2.05) is 18.2 Å². The Morgan fingerprint density at radius 2 is 0.423 bits per heavy atom. The van der Waals surface area contributed by atoms with Crippen LogP contribution in [0.3, 0.4) is 0 Å². The van der Waals surface area contributed by atoms with Gasteiger partial charge in [0.2, 0.25) is 0 Å². The van der Waals surface area contributed by atoms with Crippen LogP contribution in [0.15, 0.2) is 413 Å². The van der Waals surface area contributed by atoms with Gasteiger partial charge in [-0.2, -0.15) is 0 Å². The normalized spacial score (nSPS) is 11.2. The van der Waals surface area contributed by atoms with Gasteiger partial charge in [-0.1, -0.05) is 382 Å². The minimum atomic E-state index is 1.01. The Kier molecular flexibility index (Phi) is 16.7. The molecular weight excluding hydrogens is 1250 g/mol. The summed E-state index contributed by atoms with van der Waals surface area (Å²) in [5.41, 5.74) is 26.4. The Morgan fingerprint density at radius 3 is 0.846 bits per heavy atom. The van der Waals surface area contributed by atoms with Crippen molar-refractivity contribution in [3.63, 3.8) is 0 Å². The van der Waals surface area contributed by atoms with E-state index in [9.17, 15) is 0 Å². The zero-order valence-electron chi connectivity index (χ0n) is 57.3. The molecule has 104 heavy (non-hydrogen) atoms. The largest absolute Gasteiger partial charge is 0.0622 e. The first kappa shape index (κ1) is 62.5. The van der Waals surface area contributed by atoms with Gasteiger partial charge in [0.15, 0.2) is 0 Å². The van der Waals surface area contributed by atoms with E-state index in [2.05, 4.69) is 406 Å². The van der Waals surface area contributed by atoms with Gasteiger partial charge in [-0.25, -0.2) is 0 Å². The van der Waals surface area contributed by atoms with Crippen LogP contribution in [0.4, 0.5) is 0 Å². The molecule has 0 heterocycles. The highest BCUT2D eigenvalue weighted by molar-refractivity contribution is 6.27. The van der Waals surface area contributed by atoms with E-state index in [1.165, 1.54) is 165 Å². The van der Waals surface area contributed by atoms with Crippen LogP contribution >= 0.6 is 0 Å². The van der Waals surface area contributed by atoms with Gasteiger partial charge in [-0.15, -0.1) is 0 Å². The highest BCUT2D eigenvalue weighted by Crippen LogP contribution is 2.50. The van der Waals surface area contributed by atoms with Crippen LogP contribution in [0.5, 0.6) is 0 Å². The number of hydrogen-bond acceptors (Lipinski definition) is 0. The average Bonchev–Trinajstić information content (AvgIpc) is 0.728. The summed E-state index contributed by atoms with van der Waals surface area (Å²) in [6.45, 7) is 0. The summed E-state index contributed by atoms with van der Waals surface area (Å²) in [4.78, 5) is 0. The molecular formula is C104H68. The molecule has 19 rings (SSSR count). The fourth-order valence-corrected chi connectivity index (χ4v) is 15.6. The van der Waals surface area contributed by atoms with Crippen molar-refractivity contribution in [3.8, 4) is 123 Å². The number of hydrogen-bond donors (Lipinski definition) is 0. The van der Waals surface area contributed by atoms with E-state index >= 15 is 0 Å². The number of fused-ring (bicyclic) bond motifs is 7. The van der Waals surface area contributed by atoms with Crippen molar-refractivity contribution in [3.05, 3.63) is 424 Å². The maximum absolute atomic E-state index is 3.48. The molecule has 0 nitrogen and oxygen atoms in total. The lowest BCUT2D eigenvalue weighted by Crippen LogP contribution is -1.93. The van der Waals surface area contributed by atoms with E-state index in [1.54, 1.807) is 0 Å². The third-order valence-corrected chi connectivity index (χ3v) is 20.6. The van der Waals surface area contributed by atoms with Gasteiger partial charge in [-0.3, -0.25) is 0 Å². The summed E-state index contributed by atoms with van der Waals surface area (Å²) in [6, 6.07) is 149. The molecule has 0 fully saturated rings. The Bertz CT molecular complexity index is 6410. The molecule has 0 aliphatic heterocycles. The fourth-order valence-electron chi connectivity index (χ4n) is 15.6. The minimum absolute atomic E-state index is 1.01. The van der Waals surface area contributed by atoms with Crippen molar-refractivity contribution in [1.29, 1.82) is 0 Å². The van der Waals surface area contributed by atoms with Crippen LogP contribution in [0, 0.1) is 11.8 Å². The highest BCUT2D eigenvalue weighted by Gasteiger charge is 2.22. The lowest BCUT2D eigenvalue weighted by atomic mass is 9.83. The van der Waals surface area contributed by atoms with Gasteiger partial charge >= 0.3 is 0 Å². The Labute approximate surface area is 607 Å². The van der Waals surface area contributed by atoms with Crippen molar-refractivity contribution < 1.29 is 0 Å². The Balaban J connectivity index is 0.000000148. The van der Waals surface area contributed by atoms with Crippen molar-refractivity contribution in [1.82, 2.24) is 0 Å². The molecule has 0 aromatic heterocycles. The van der Waals surface area contributed by atoms with Crippen molar-refractivity contribution in [2.75, 3.05) is 0 Å². The lowest BCUT2D eigenvalue weighted by Gasteiger charge is -2.20. The predicted molar refractivity (Wildman–Crippen MR) is 445 cm³/mol. The smallest absolute Gasteiger partial charge is 0.0327 e. The molecule has 0 bridgehead atoms. The second-order valence-electron chi connectivity index (χ2n) is 26.7. The van der Waals surface area contributed by atoms with Crippen molar-refractivity contribution in [2.45, 2.75) is 0 Å². The van der Waals surface area contributed by atoms with Gasteiger partial charge in [0.25, 0.3) is 0 Å². The first-order chi connectivity index (χ1) is 51.6. The summed E-state index contributed by atoms with van der Waals surface area (Å²) >= 11 is 0. The van der Waals surface area contributed by atoms with Crippen LogP contribution in [0.2, 0.25) is 0 Å². The number of benzene rings is 19. The van der Waals surface area contributed by atoms with E-state index in [-0.39, 0.29) is 0 Å². The van der Waals surface area contributed by atoms with E-state index in [0.29, 0.717) is 0 Å². The molecule has 19 aromatic carbocycles. The first-order valence-corrected chi connectivity index (χ1v) is 35.8. The molecule has 0 N–H and O–H groups in total. The zero-order chi connectivity index (χ0) is 69.1. The zero-order valence-corrected chi connectivity index (χ0v) is 57.3. The maximum atomic E-state index is 3.48. The summed E-state index contributed by atoms with van der Waals surface area (Å²) in [5.74, 6) is 6.87. The van der Waals surface area contributed by atoms with Gasteiger partial charge in [0.05, 0.1) is 0 Å². The molecule has 484 valence electrons. The summed E-state index contributed by atoms with van der Waals surface area (Å²) in [5, 5.41) is 15.0. The first-order valence-electron chi connectivity index (χ1n) is 35.8. The van der Waals surface area contributed by atoms with Crippen molar-refractivity contribution >= 4 is 64.6 Å². The second kappa shape index (κ2) is 27.8. The molecule has 19 aromatic rings. The monoisotopic (exact) mass is 1320 g/mol. The second-order valence-corrected chi connectivity index (χ2v) is 26.7. The van der Waals surface area contributed by atoms with E-state index < -0.39 is 0 Å². The summed E-state index contributed by atoms with van der Waals surface area (Å²) in [7, 11) is 0. The van der Waals surface area contributed by atoms with Crippen LogP contribution in [0.25, 0.3) is 176 Å². The van der Waals surface area contributed by atoms with Crippen LogP contribution < -0.4 is 0 Å². The molecule has 0 spiro atoms. The topological polar surface area (TPSA) is 0 Å². The fraction of sp³-hybridized carbons (Fsp3) is 0. The third-order valence-electron chi connectivity index (χ3n) is 20.6. The molecule has 0 heteroatoms. The Hall–Kier alpha value is -13.7. The average molecular weight is 1320 g/mol. The summed E-state index contributed by atoms with van der Waals surface area (Å²) < 4.78 is 0. The maximum Gasteiger partial charge on any atom is 0.0327 e. The van der Waals surface area contributed by atoms with Gasteiger partial charge in [-0.05, 0) is 218 Å². The highest BCUT2D eigenvalue weighted by atomic mass is 14.3. The molecule has 0 unspecified atom stereocenters. The SMILES string of the molecule is C(#Cc1ccccc1-c1ccc2c(-c3ccc(-c4ccccc4)cc3)c3ccccc3c(-c3ccc(-c4ccccc4)cc3)c2c1)c1ccccc1.c1ccc(-c2ccc(-c3c4ccccc4c(-c4ccc(-c5ccccc5)cc4)c4cc5c(cc34)c(-c3ccccc3)cc3ccccc35)cc2)cc1.